The van der Waals surface area contributed by atoms with Crippen LogP contribution < -0.4 is 10.1 Å². The Balaban J connectivity index is 1.26. The molecule has 5 rings (SSSR count). The topological polar surface area (TPSA) is 98.6 Å². The third kappa shape index (κ3) is 4.64. The third-order valence-corrected chi connectivity index (χ3v) is 6.74. The summed E-state index contributed by atoms with van der Waals surface area (Å²) in [5, 5.41) is 2.99. The number of ether oxygens (including phenoxy) is 2. The molecule has 182 valence electrons. The van der Waals surface area contributed by atoms with Crippen LogP contribution in [0, 0.1) is 6.92 Å². The van der Waals surface area contributed by atoms with E-state index in [0.29, 0.717) is 44.7 Å². The van der Waals surface area contributed by atoms with Crippen LogP contribution in [-0.4, -0.2) is 57.6 Å². The molecular formula is C26H29N5O4. The summed E-state index contributed by atoms with van der Waals surface area (Å²) in [5.74, 6) is 1.34. The zero-order valence-electron chi connectivity index (χ0n) is 19.9. The number of carbonyl (C=O) groups is 2. The second-order valence-electron chi connectivity index (χ2n) is 9.03. The van der Waals surface area contributed by atoms with Crippen LogP contribution in [0.5, 0.6) is 5.75 Å². The highest BCUT2D eigenvalue weighted by Crippen LogP contribution is 2.40. The van der Waals surface area contributed by atoms with Crippen molar-refractivity contribution in [2.45, 2.75) is 44.6 Å². The molecule has 2 aliphatic heterocycles. The summed E-state index contributed by atoms with van der Waals surface area (Å²) in [4.78, 5) is 36.8. The molecule has 0 bridgehead atoms. The largest absolute Gasteiger partial charge is 0.497 e. The quantitative estimate of drug-likeness (QED) is 0.609. The molecule has 35 heavy (non-hydrogen) atoms. The minimum Gasteiger partial charge on any atom is -0.497 e. The number of hydrogen-bond donors (Lipinski definition) is 1. The van der Waals surface area contributed by atoms with E-state index in [1.165, 1.54) is 0 Å². The number of nitrogens with one attached hydrogen (secondary N) is 1. The van der Waals surface area contributed by atoms with Crippen molar-refractivity contribution in [1.29, 1.82) is 0 Å². The number of carbonyl (C=O) groups excluding carboxylic acids is 2. The van der Waals surface area contributed by atoms with E-state index in [1.54, 1.807) is 24.3 Å². The van der Waals surface area contributed by atoms with Gasteiger partial charge in [-0.1, -0.05) is 18.2 Å². The normalized spacial score (nSPS) is 18.7. The van der Waals surface area contributed by atoms with Crippen LogP contribution in [0.15, 0.2) is 54.9 Å². The zero-order valence-corrected chi connectivity index (χ0v) is 19.9. The van der Waals surface area contributed by atoms with E-state index in [2.05, 4.69) is 15.3 Å². The summed E-state index contributed by atoms with van der Waals surface area (Å²) in [6.07, 6.45) is 4.10. The Labute approximate surface area is 204 Å². The van der Waals surface area contributed by atoms with Crippen LogP contribution >= 0.6 is 0 Å². The molecule has 1 saturated heterocycles. The van der Waals surface area contributed by atoms with Gasteiger partial charge in [-0.05, 0) is 36.8 Å². The Morgan fingerprint density at radius 1 is 1.17 bits per heavy atom. The predicted octanol–water partition coefficient (Wildman–Crippen LogP) is 2.44. The van der Waals surface area contributed by atoms with Crippen molar-refractivity contribution in [3.8, 4) is 5.75 Å². The summed E-state index contributed by atoms with van der Waals surface area (Å²) in [5.41, 5.74) is 1.53. The fourth-order valence-corrected chi connectivity index (χ4v) is 4.82. The lowest BCUT2D eigenvalue weighted by Gasteiger charge is -2.45. The van der Waals surface area contributed by atoms with Crippen molar-refractivity contribution in [2.24, 2.45) is 0 Å². The SMILES string of the molecule is COc1ccc(CNC(=O)C2Cn3ccnc3C3(CCN(C(=O)c4cccc(C)n4)CC3)O2)cc1. The number of amides is 2. The average Bonchev–Trinajstić information content (AvgIpc) is 3.37. The molecule has 1 unspecified atom stereocenters. The first-order valence-corrected chi connectivity index (χ1v) is 11.8. The van der Waals surface area contributed by atoms with E-state index in [1.807, 2.05) is 54.1 Å². The molecule has 2 aliphatic rings. The molecule has 2 amide bonds. The Kier molecular flexibility index (Phi) is 6.25. The highest BCUT2D eigenvalue weighted by atomic mass is 16.5. The standard InChI is InChI=1S/C26H29N5O4/c1-18-4-3-5-21(29-18)24(33)30-13-10-26(11-14-30)25-27-12-15-31(25)17-22(35-26)23(32)28-16-19-6-8-20(34-2)9-7-19/h3-9,12,15,22H,10-11,13-14,16-17H2,1-2H3,(H,28,32). The number of methoxy groups -OCH3 is 1. The molecule has 0 aliphatic carbocycles. The Bertz CT molecular complexity index is 1210. The van der Waals surface area contributed by atoms with Gasteiger partial charge >= 0.3 is 0 Å². The van der Waals surface area contributed by atoms with Gasteiger partial charge in [-0.25, -0.2) is 9.97 Å². The van der Waals surface area contributed by atoms with E-state index < -0.39 is 11.7 Å². The van der Waals surface area contributed by atoms with E-state index in [-0.39, 0.29) is 11.8 Å². The molecule has 1 atom stereocenters. The van der Waals surface area contributed by atoms with Gasteiger partial charge in [0.2, 0.25) is 0 Å². The minimum atomic E-state index is -0.708. The lowest BCUT2D eigenvalue weighted by molar-refractivity contribution is -0.172. The maximum Gasteiger partial charge on any atom is 0.272 e. The summed E-state index contributed by atoms with van der Waals surface area (Å²) in [6.45, 7) is 3.68. The van der Waals surface area contributed by atoms with Crippen LogP contribution in [-0.2, 0) is 28.2 Å². The molecule has 3 aromatic rings. The summed E-state index contributed by atoms with van der Waals surface area (Å²) >= 11 is 0. The van der Waals surface area contributed by atoms with Gasteiger partial charge in [0.25, 0.3) is 11.8 Å². The van der Waals surface area contributed by atoms with Crippen molar-refractivity contribution in [3.05, 3.63) is 77.6 Å². The van der Waals surface area contributed by atoms with Crippen molar-refractivity contribution < 1.29 is 19.1 Å². The number of aromatic nitrogens is 3. The molecule has 0 saturated carbocycles. The van der Waals surface area contributed by atoms with Crippen molar-refractivity contribution in [2.75, 3.05) is 20.2 Å². The van der Waals surface area contributed by atoms with Gasteiger partial charge in [-0.2, -0.15) is 0 Å². The van der Waals surface area contributed by atoms with Crippen LogP contribution in [0.25, 0.3) is 0 Å². The summed E-state index contributed by atoms with van der Waals surface area (Å²) in [7, 11) is 1.62. The van der Waals surface area contributed by atoms with E-state index in [4.69, 9.17) is 9.47 Å². The van der Waals surface area contributed by atoms with Crippen LogP contribution in [0.2, 0.25) is 0 Å². The van der Waals surface area contributed by atoms with Gasteiger partial charge in [0.1, 0.15) is 22.9 Å². The molecule has 4 heterocycles. The van der Waals surface area contributed by atoms with Gasteiger partial charge in [0.15, 0.2) is 6.10 Å². The number of fused-ring (bicyclic) bond motifs is 2. The van der Waals surface area contributed by atoms with Gasteiger partial charge in [0.05, 0.1) is 13.7 Å². The third-order valence-electron chi connectivity index (χ3n) is 6.74. The van der Waals surface area contributed by atoms with E-state index in [9.17, 15) is 9.59 Å². The Morgan fingerprint density at radius 2 is 1.94 bits per heavy atom. The molecular weight excluding hydrogens is 446 g/mol. The molecule has 1 N–H and O–H groups in total. The molecule has 1 spiro atoms. The highest BCUT2D eigenvalue weighted by molar-refractivity contribution is 5.92. The molecule has 1 aromatic carbocycles. The second kappa shape index (κ2) is 9.50. The first-order valence-electron chi connectivity index (χ1n) is 11.8. The van der Waals surface area contributed by atoms with Crippen molar-refractivity contribution in [3.63, 3.8) is 0 Å². The van der Waals surface area contributed by atoms with Crippen LogP contribution in [0.3, 0.4) is 0 Å². The molecule has 9 nitrogen and oxygen atoms in total. The van der Waals surface area contributed by atoms with E-state index >= 15 is 0 Å². The number of imidazole rings is 1. The number of benzene rings is 1. The van der Waals surface area contributed by atoms with Gasteiger partial charge in [-0.15, -0.1) is 0 Å². The maximum atomic E-state index is 13.1. The van der Waals surface area contributed by atoms with E-state index in [0.717, 1.165) is 22.8 Å². The number of pyridine rings is 1. The smallest absolute Gasteiger partial charge is 0.272 e. The predicted molar refractivity (Wildman–Crippen MR) is 128 cm³/mol. The van der Waals surface area contributed by atoms with Gasteiger partial charge in [0, 0.05) is 50.6 Å². The van der Waals surface area contributed by atoms with Gasteiger partial charge < -0.3 is 24.3 Å². The van der Waals surface area contributed by atoms with Crippen LogP contribution in [0.1, 0.15) is 40.4 Å². The number of hydrogen-bond acceptors (Lipinski definition) is 6. The lowest BCUT2D eigenvalue weighted by Crippen LogP contribution is -2.54. The molecule has 2 aromatic heterocycles. The minimum absolute atomic E-state index is 0.0866. The number of aryl methyl sites for hydroxylation is 1. The Morgan fingerprint density at radius 3 is 2.66 bits per heavy atom. The molecule has 9 heteroatoms. The van der Waals surface area contributed by atoms with Crippen molar-refractivity contribution >= 4 is 11.8 Å². The monoisotopic (exact) mass is 475 g/mol. The van der Waals surface area contributed by atoms with Crippen molar-refractivity contribution in [1.82, 2.24) is 24.8 Å². The second-order valence-corrected chi connectivity index (χ2v) is 9.03. The first kappa shape index (κ1) is 23.0. The summed E-state index contributed by atoms with van der Waals surface area (Å²) < 4.78 is 13.7. The average molecular weight is 476 g/mol. The fraction of sp³-hybridized carbons (Fsp3) is 0.385. The summed E-state index contributed by atoms with van der Waals surface area (Å²) in [6, 6.07) is 13.0. The zero-order chi connectivity index (χ0) is 24.4. The number of nitrogens with zero attached hydrogens (tertiary/aromatic N) is 4. The lowest BCUT2D eigenvalue weighted by atomic mass is 9.88. The molecule has 0 radical (unpaired) electrons. The van der Waals surface area contributed by atoms with Gasteiger partial charge in [-0.3, -0.25) is 9.59 Å². The maximum absolute atomic E-state index is 13.1. The van der Waals surface area contributed by atoms with Crippen LogP contribution in [0.4, 0.5) is 0 Å². The number of piperidine rings is 1. The number of rotatable bonds is 5. The molecule has 1 fully saturated rings. The Hall–Kier alpha value is -3.72. The fourth-order valence-electron chi connectivity index (χ4n) is 4.82. The number of likely N-dealkylation sites (tertiary alicyclic amines) is 1. The first-order chi connectivity index (χ1) is 17.0. The highest BCUT2D eigenvalue weighted by Gasteiger charge is 2.47.